The minimum atomic E-state index is -0.0629. The van der Waals surface area contributed by atoms with E-state index in [1.165, 1.54) is 0 Å². The fraction of sp³-hybridized carbons (Fsp3) is 0.348. The molecule has 0 unspecified atom stereocenters. The Morgan fingerprint density at radius 3 is 2.91 bits per heavy atom. The fourth-order valence-electron chi connectivity index (χ4n) is 4.05. The Balaban J connectivity index is 1.43. The van der Waals surface area contributed by atoms with Crippen LogP contribution >= 0.6 is 11.6 Å². The number of carbonyl (C=O) groups excluding carboxylic acids is 1. The van der Waals surface area contributed by atoms with Gasteiger partial charge >= 0.3 is 0 Å². The van der Waals surface area contributed by atoms with Crippen LogP contribution in [0, 0.1) is 0 Å². The molecule has 1 fully saturated rings. The van der Waals surface area contributed by atoms with Gasteiger partial charge in [0.05, 0.1) is 23.0 Å². The first-order chi connectivity index (χ1) is 16.5. The maximum Gasteiger partial charge on any atom is 0.232 e. The van der Waals surface area contributed by atoms with E-state index in [-0.39, 0.29) is 18.1 Å². The van der Waals surface area contributed by atoms with Gasteiger partial charge in [-0.3, -0.25) is 14.5 Å². The van der Waals surface area contributed by atoms with Gasteiger partial charge in [0, 0.05) is 69.4 Å². The Hall–Kier alpha value is -3.66. The summed E-state index contributed by atoms with van der Waals surface area (Å²) in [7, 11) is 3.66. The summed E-state index contributed by atoms with van der Waals surface area (Å²) in [6, 6.07) is 5.88. The van der Waals surface area contributed by atoms with Crippen LogP contribution in [-0.2, 0) is 11.8 Å². The zero-order valence-corrected chi connectivity index (χ0v) is 19.7. The summed E-state index contributed by atoms with van der Waals surface area (Å²) in [6.07, 6.45) is 8.89. The maximum absolute atomic E-state index is 12.2. The number of hydrogen-bond donors (Lipinski definition) is 2. The predicted octanol–water partition coefficient (Wildman–Crippen LogP) is 3.49. The van der Waals surface area contributed by atoms with Crippen LogP contribution in [0.25, 0.3) is 22.3 Å². The first-order valence-corrected chi connectivity index (χ1v) is 11.6. The Morgan fingerprint density at radius 2 is 2.21 bits per heavy atom. The minimum absolute atomic E-state index is 0.0499. The van der Waals surface area contributed by atoms with Crippen LogP contribution in [0.2, 0.25) is 0 Å². The number of anilines is 2. The van der Waals surface area contributed by atoms with Gasteiger partial charge in [0.2, 0.25) is 17.7 Å². The number of fused-ring (bicyclic) bond motifs is 1. The molecule has 0 saturated heterocycles. The average Bonchev–Trinajstić information content (AvgIpc) is 3.42. The quantitative estimate of drug-likeness (QED) is 0.371. The highest BCUT2D eigenvalue weighted by Gasteiger charge is 2.36. The summed E-state index contributed by atoms with van der Waals surface area (Å²) in [5.74, 6) is 1.24. The van der Waals surface area contributed by atoms with Crippen molar-refractivity contribution in [1.29, 1.82) is 0 Å². The molecule has 176 valence electrons. The predicted molar refractivity (Wildman–Crippen MR) is 129 cm³/mol. The van der Waals surface area contributed by atoms with Crippen LogP contribution in [0.4, 0.5) is 11.6 Å². The Morgan fingerprint density at radius 1 is 1.35 bits per heavy atom. The third-order valence-electron chi connectivity index (χ3n) is 6.00. The van der Waals surface area contributed by atoms with Crippen LogP contribution in [0.15, 0.2) is 43.0 Å². The third-order valence-corrected chi connectivity index (χ3v) is 6.19. The lowest BCUT2D eigenvalue weighted by atomic mass is 9.88. The number of ether oxygens (including phenoxy) is 1. The van der Waals surface area contributed by atoms with E-state index in [1.54, 1.807) is 22.0 Å². The Kier molecular flexibility index (Phi) is 6.06. The van der Waals surface area contributed by atoms with Crippen LogP contribution in [0.5, 0.6) is 5.88 Å². The molecular formula is C23H25ClN8O2. The van der Waals surface area contributed by atoms with Gasteiger partial charge < -0.3 is 19.9 Å². The van der Waals surface area contributed by atoms with E-state index in [2.05, 4.69) is 25.4 Å². The first-order valence-electron chi connectivity index (χ1n) is 11.1. The number of halogens is 1. The highest BCUT2D eigenvalue weighted by Crippen LogP contribution is 2.37. The second-order valence-corrected chi connectivity index (χ2v) is 8.71. The normalized spacial score (nSPS) is 17.4. The molecule has 1 amide bonds. The van der Waals surface area contributed by atoms with Crippen molar-refractivity contribution >= 4 is 40.2 Å². The van der Waals surface area contributed by atoms with Crippen molar-refractivity contribution in [3.63, 3.8) is 0 Å². The standard InChI is InChI=1S/C23H25ClN8O2/c1-31-13-14(11-27-31)28-23-29-21-20(17(12-26-21)18-5-3-4-8-25-18)22(30-23)34-16-9-15(10-16)32(2)19(33)6-7-24/h3-5,8,11-13,15-16H,6-7,9-10H2,1-2H3,(H2,26,28,29,30). The number of nitrogens with zero attached hydrogens (tertiary/aromatic N) is 6. The number of alkyl halides is 1. The van der Waals surface area contributed by atoms with Gasteiger partial charge in [-0.1, -0.05) is 6.07 Å². The summed E-state index contributed by atoms with van der Waals surface area (Å²) in [5, 5.41) is 8.13. The average molecular weight is 481 g/mol. The lowest BCUT2D eigenvalue weighted by molar-refractivity contribution is -0.134. The molecule has 5 rings (SSSR count). The SMILES string of the molecule is CN(C(=O)CCCl)C1CC(Oc2nc(Nc3cnn(C)c3)nc3[nH]cc(-c4ccccn4)c23)C1. The zero-order valence-electron chi connectivity index (χ0n) is 18.9. The molecule has 0 atom stereocenters. The van der Waals surface area contributed by atoms with Gasteiger partial charge in [-0.25, -0.2) is 0 Å². The molecule has 0 aliphatic heterocycles. The number of carbonyl (C=O) groups is 1. The van der Waals surface area contributed by atoms with Crippen molar-refractivity contribution in [2.45, 2.75) is 31.4 Å². The molecule has 1 aliphatic rings. The lowest BCUT2D eigenvalue weighted by Gasteiger charge is -2.40. The van der Waals surface area contributed by atoms with Crippen LogP contribution in [-0.4, -0.2) is 65.6 Å². The van der Waals surface area contributed by atoms with E-state index in [4.69, 9.17) is 21.3 Å². The zero-order chi connectivity index (χ0) is 23.7. The summed E-state index contributed by atoms with van der Waals surface area (Å²) in [6.45, 7) is 0. The van der Waals surface area contributed by atoms with Crippen molar-refractivity contribution < 1.29 is 9.53 Å². The van der Waals surface area contributed by atoms with Gasteiger partial charge in [0.15, 0.2) is 0 Å². The topological polar surface area (TPSA) is 114 Å². The number of aromatic nitrogens is 6. The Labute approximate surface area is 201 Å². The van der Waals surface area contributed by atoms with E-state index in [0.29, 0.717) is 29.8 Å². The monoisotopic (exact) mass is 480 g/mol. The van der Waals surface area contributed by atoms with E-state index in [0.717, 1.165) is 35.2 Å². The number of pyridine rings is 1. The smallest absolute Gasteiger partial charge is 0.232 e. The fourth-order valence-corrected chi connectivity index (χ4v) is 4.21. The number of hydrogen-bond acceptors (Lipinski definition) is 7. The molecule has 4 heterocycles. The molecule has 0 radical (unpaired) electrons. The number of amides is 1. The molecule has 10 nitrogen and oxygen atoms in total. The van der Waals surface area contributed by atoms with Crippen LogP contribution in [0.3, 0.4) is 0 Å². The van der Waals surface area contributed by atoms with Gasteiger partial charge in [-0.05, 0) is 12.1 Å². The second kappa shape index (κ2) is 9.30. The number of aryl methyl sites for hydroxylation is 1. The van der Waals surface area contributed by atoms with Crippen molar-refractivity contribution in [3.8, 4) is 17.1 Å². The van der Waals surface area contributed by atoms with Gasteiger partial charge in [-0.2, -0.15) is 15.1 Å². The van der Waals surface area contributed by atoms with Crippen LogP contribution in [0.1, 0.15) is 19.3 Å². The van der Waals surface area contributed by atoms with E-state index < -0.39 is 0 Å². The molecule has 2 N–H and O–H groups in total. The Bertz CT molecular complexity index is 1300. The largest absolute Gasteiger partial charge is 0.474 e. The van der Waals surface area contributed by atoms with E-state index >= 15 is 0 Å². The highest BCUT2D eigenvalue weighted by molar-refractivity contribution is 6.18. The highest BCUT2D eigenvalue weighted by atomic mass is 35.5. The molecule has 4 aromatic heterocycles. The second-order valence-electron chi connectivity index (χ2n) is 8.33. The first kappa shape index (κ1) is 22.1. The number of rotatable bonds is 8. The summed E-state index contributed by atoms with van der Waals surface area (Å²) < 4.78 is 8.06. The molecule has 34 heavy (non-hydrogen) atoms. The molecule has 1 aliphatic carbocycles. The molecule has 0 bridgehead atoms. The molecule has 1 saturated carbocycles. The van der Waals surface area contributed by atoms with Crippen molar-refractivity contribution in [3.05, 3.63) is 43.0 Å². The maximum atomic E-state index is 12.2. The van der Waals surface area contributed by atoms with Crippen LogP contribution < -0.4 is 10.1 Å². The molecule has 0 spiro atoms. The third kappa shape index (κ3) is 4.41. The van der Waals surface area contributed by atoms with E-state index in [1.807, 2.05) is 44.7 Å². The minimum Gasteiger partial charge on any atom is -0.474 e. The van der Waals surface area contributed by atoms with Crippen molar-refractivity contribution in [2.24, 2.45) is 7.05 Å². The number of nitrogens with one attached hydrogen (secondary N) is 2. The van der Waals surface area contributed by atoms with Gasteiger partial charge in [0.25, 0.3) is 0 Å². The van der Waals surface area contributed by atoms with Crippen molar-refractivity contribution in [2.75, 3.05) is 18.2 Å². The summed E-state index contributed by atoms with van der Waals surface area (Å²) in [5.41, 5.74) is 3.08. The van der Waals surface area contributed by atoms with Gasteiger partial charge in [-0.15, -0.1) is 11.6 Å². The summed E-state index contributed by atoms with van der Waals surface area (Å²) in [4.78, 5) is 31.0. The number of H-pyrrole nitrogens is 1. The van der Waals surface area contributed by atoms with E-state index in [9.17, 15) is 4.79 Å². The molecule has 0 aromatic carbocycles. The summed E-state index contributed by atoms with van der Waals surface area (Å²) >= 11 is 5.72. The molecule has 11 heteroatoms. The molecule has 4 aromatic rings. The number of aromatic amines is 1. The molecular weight excluding hydrogens is 456 g/mol. The van der Waals surface area contributed by atoms with Gasteiger partial charge in [0.1, 0.15) is 11.8 Å². The lowest BCUT2D eigenvalue weighted by Crippen LogP contribution is -2.50. The van der Waals surface area contributed by atoms with Crippen molar-refractivity contribution in [1.82, 2.24) is 34.6 Å².